The Morgan fingerprint density at radius 3 is 2.69 bits per heavy atom. The Kier molecular flexibility index (Phi) is 3.25. The number of halogens is 1. The van der Waals surface area contributed by atoms with Crippen LogP contribution in [0.1, 0.15) is 25.5 Å². The van der Waals surface area contributed by atoms with Gasteiger partial charge in [0.2, 0.25) is 0 Å². The molecule has 1 aromatic rings. The molecule has 0 bridgehead atoms. The van der Waals surface area contributed by atoms with Crippen LogP contribution in [0.3, 0.4) is 0 Å². The average Bonchev–Trinajstić information content (AvgIpc) is 2.04. The molecule has 1 rings (SSSR count). The molecule has 72 valence electrons. The summed E-state index contributed by atoms with van der Waals surface area (Å²) in [5.41, 5.74) is 0.295. The highest BCUT2D eigenvalue weighted by Crippen LogP contribution is 2.21. The Morgan fingerprint density at radius 2 is 2.23 bits per heavy atom. The molecule has 0 unspecified atom stereocenters. The van der Waals surface area contributed by atoms with Crippen LogP contribution in [-0.2, 0) is 0 Å². The van der Waals surface area contributed by atoms with Crippen molar-refractivity contribution in [3.63, 3.8) is 0 Å². The van der Waals surface area contributed by atoms with Gasteiger partial charge in [-0.05, 0) is 26.0 Å². The van der Waals surface area contributed by atoms with Crippen LogP contribution in [0.5, 0.6) is 5.75 Å². The molecule has 1 N–H and O–H groups in total. The van der Waals surface area contributed by atoms with Crippen molar-refractivity contribution >= 4 is 0 Å². The van der Waals surface area contributed by atoms with E-state index in [0.29, 0.717) is 17.9 Å². The van der Waals surface area contributed by atoms with Gasteiger partial charge < -0.3 is 9.84 Å². The van der Waals surface area contributed by atoms with Crippen LogP contribution in [0.15, 0.2) is 18.2 Å². The average molecular weight is 184 g/mol. The Balaban J connectivity index is 2.92. The minimum absolute atomic E-state index is 0.295. The SMILES string of the molecule is CCOc1ccc([C@H](C)O)c(F)c1. The van der Waals surface area contributed by atoms with Gasteiger partial charge >= 0.3 is 0 Å². The number of benzene rings is 1. The van der Waals surface area contributed by atoms with Crippen molar-refractivity contribution in [1.29, 1.82) is 0 Å². The van der Waals surface area contributed by atoms with E-state index in [2.05, 4.69) is 0 Å². The van der Waals surface area contributed by atoms with E-state index in [4.69, 9.17) is 9.84 Å². The van der Waals surface area contributed by atoms with Gasteiger partial charge in [0.1, 0.15) is 11.6 Å². The molecule has 0 amide bonds. The first-order chi connectivity index (χ1) is 6.15. The van der Waals surface area contributed by atoms with Gasteiger partial charge in [0.15, 0.2) is 0 Å². The maximum absolute atomic E-state index is 13.2. The maximum atomic E-state index is 13.2. The first-order valence-electron chi connectivity index (χ1n) is 4.25. The van der Waals surface area contributed by atoms with Gasteiger partial charge in [-0.3, -0.25) is 0 Å². The second kappa shape index (κ2) is 4.23. The zero-order chi connectivity index (χ0) is 9.84. The van der Waals surface area contributed by atoms with E-state index in [9.17, 15) is 4.39 Å². The minimum atomic E-state index is -0.782. The molecule has 0 heterocycles. The van der Waals surface area contributed by atoms with Gasteiger partial charge in [0.05, 0.1) is 12.7 Å². The van der Waals surface area contributed by atoms with E-state index in [1.54, 1.807) is 6.07 Å². The quantitative estimate of drug-likeness (QED) is 0.780. The van der Waals surface area contributed by atoms with Crippen LogP contribution < -0.4 is 4.74 Å². The molecule has 2 nitrogen and oxygen atoms in total. The largest absolute Gasteiger partial charge is 0.494 e. The number of ether oxygens (including phenoxy) is 1. The van der Waals surface area contributed by atoms with Crippen molar-refractivity contribution in [1.82, 2.24) is 0 Å². The van der Waals surface area contributed by atoms with E-state index < -0.39 is 11.9 Å². The highest BCUT2D eigenvalue weighted by molar-refractivity contribution is 5.29. The Bertz CT molecular complexity index is 284. The van der Waals surface area contributed by atoms with Crippen LogP contribution in [0.4, 0.5) is 4.39 Å². The number of aliphatic hydroxyl groups is 1. The van der Waals surface area contributed by atoms with E-state index in [1.165, 1.54) is 19.1 Å². The lowest BCUT2D eigenvalue weighted by atomic mass is 10.1. The first-order valence-corrected chi connectivity index (χ1v) is 4.25. The third-order valence-corrected chi connectivity index (χ3v) is 1.73. The highest BCUT2D eigenvalue weighted by Gasteiger charge is 2.08. The minimum Gasteiger partial charge on any atom is -0.494 e. The molecule has 0 radical (unpaired) electrons. The monoisotopic (exact) mass is 184 g/mol. The number of rotatable bonds is 3. The lowest BCUT2D eigenvalue weighted by Crippen LogP contribution is -1.97. The topological polar surface area (TPSA) is 29.5 Å². The molecule has 0 aliphatic heterocycles. The summed E-state index contributed by atoms with van der Waals surface area (Å²) in [5, 5.41) is 9.14. The highest BCUT2D eigenvalue weighted by atomic mass is 19.1. The van der Waals surface area contributed by atoms with Crippen molar-refractivity contribution in [2.75, 3.05) is 6.61 Å². The summed E-state index contributed by atoms with van der Waals surface area (Å²) in [6, 6.07) is 4.46. The fraction of sp³-hybridized carbons (Fsp3) is 0.400. The lowest BCUT2D eigenvalue weighted by molar-refractivity contribution is 0.194. The molecular weight excluding hydrogens is 171 g/mol. The molecule has 0 spiro atoms. The molecule has 0 aliphatic rings. The number of hydrogen-bond donors (Lipinski definition) is 1. The molecule has 0 saturated heterocycles. The zero-order valence-electron chi connectivity index (χ0n) is 7.75. The molecule has 3 heteroatoms. The van der Waals surface area contributed by atoms with Crippen molar-refractivity contribution in [2.24, 2.45) is 0 Å². The Labute approximate surface area is 77.0 Å². The van der Waals surface area contributed by atoms with E-state index in [1.807, 2.05) is 6.92 Å². The van der Waals surface area contributed by atoms with E-state index in [0.717, 1.165) is 0 Å². The summed E-state index contributed by atoms with van der Waals surface area (Å²) in [4.78, 5) is 0. The Hall–Kier alpha value is -1.09. The van der Waals surface area contributed by atoms with Crippen LogP contribution in [-0.4, -0.2) is 11.7 Å². The van der Waals surface area contributed by atoms with Gasteiger partial charge in [0, 0.05) is 11.6 Å². The molecule has 13 heavy (non-hydrogen) atoms. The zero-order valence-corrected chi connectivity index (χ0v) is 7.75. The van der Waals surface area contributed by atoms with Crippen molar-refractivity contribution in [3.05, 3.63) is 29.6 Å². The third-order valence-electron chi connectivity index (χ3n) is 1.73. The normalized spacial score (nSPS) is 12.6. The number of hydrogen-bond acceptors (Lipinski definition) is 2. The van der Waals surface area contributed by atoms with Crippen molar-refractivity contribution in [3.8, 4) is 5.75 Å². The third kappa shape index (κ3) is 2.42. The Morgan fingerprint density at radius 1 is 1.54 bits per heavy atom. The summed E-state index contributed by atoms with van der Waals surface area (Å²) in [7, 11) is 0. The maximum Gasteiger partial charge on any atom is 0.132 e. The summed E-state index contributed by atoms with van der Waals surface area (Å²) >= 11 is 0. The van der Waals surface area contributed by atoms with Crippen molar-refractivity contribution < 1.29 is 14.2 Å². The lowest BCUT2D eigenvalue weighted by Gasteiger charge is -2.08. The molecule has 1 aromatic carbocycles. The standard InChI is InChI=1S/C10H13FO2/c1-3-13-8-4-5-9(7(2)12)10(11)6-8/h4-7,12H,3H2,1-2H3/t7-/m0/s1. The number of aliphatic hydroxyl groups excluding tert-OH is 1. The van der Waals surface area contributed by atoms with E-state index >= 15 is 0 Å². The van der Waals surface area contributed by atoms with E-state index in [-0.39, 0.29) is 0 Å². The van der Waals surface area contributed by atoms with Crippen molar-refractivity contribution in [2.45, 2.75) is 20.0 Å². The second-order valence-corrected chi connectivity index (χ2v) is 2.79. The molecule has 0 aliphatic carbocycles. The second-order valence-electron chi connectivity index (χ2n) is 2.79. The molecule has 0 aromatic heterocycles. The summed E-state index contributed by atoms with van der Waals surface area (Å²) < 4.78 is 18.3. The molecular formula is C10H13FO2. The summed E-state index contributed by atoms with van der Waals surface area (Å²) in [6.07, 6.45) is -0.782. The molecule has 0 saturated carbocycles. The summed E-state index contributed by atoms with van der Waals surface area (Å²) in [6.45, 7) is 3.87. The van der Waals surface area contributed by atoms with Gasteiger partial charge in [-0.1, -0.05) is 0 Å². The first kappa shape index (κ1) is 9.99. The molecule has 1 atom stereocenters. The van der Waals surface area contributed by atoms with Crippen LogP contribution in [0, 0.1) is 5.82 Å². The predicted octanol–water partition coefficient (Wildman–Crippen LogP) is 2.28. The summed E-state index contributed by atoms with van der Waals surface area (Å²) in [5.74, 6) is 0.0605. The smallest absolute Gasteiger partial charge is 0.132 e. The van der Waals surface area contributed by atoms with Crippen LogP contribution in [0.25, 0.3) is 0 Å². The van der Waals surface area contributed by atoms with Gasteiger partial charge in [-0.15, -0.1) is 0 Å². The molecule has 0 fully saturated rings. The predicted molar refractivity (Wildman–Crippen MR) is 48.2 cm³/mol. The fourth-order valence-electron chi connectivity index (χ4n) is 1.10. The van der Waals surface area contributed by atoms with Crippen LogP contribution >= 0.6 is 0 Å². The fourth-order valence-corrected chi connectivity index (χ4v) is 1.10. The van der Waals surface area contributed by atoms with Gasteiger partial charge in [-0.25, -0.2) is 4.39 Å². The van der Waals surface area contributed by atoms with Gasteiger partial charge in [0.25, 0.3) is 0 Å². The van der Waals surface area contributed by atoms with Gasteiger partial charge in [-0.2, -0.15) is 0 Å². The van der Waals surface area contributed by atoms with Crippen LogP contribution in [0.2, 0.25) is 0 Å².